The highest BCUT2D eigenvalue weighted by Gasteiger charge is 2.14. The minimum Gasteiger partial charge on any atom is -0.325 e. The lowest BCUT2D eigenvalue weighted by Gasteiger charge is -2.09. The van der Waals surface area contributed by atoms with Crippen molar-refractivity contribution < 1.29 is 9.72 Å². The predicted octanol–water partition coefficient (Wildman–Crippen LogP) is 3.52. The SMILES string of the molecule is Cc1cc(C)c(C#N)c(SCC(=O)Nc2cc([N+](=O)[O-])ccc2C)n1. The van der Waals surface area contributed by atoms with Crippen molar-refractivity contribution in [3.8, 4) is 6.07 Å². The number of amides is 1. The predicted molar refractivity (Wildman–Crippen MR) is 95.6 cm³/mol. The Kier molecular flexibility index (Phi) is 5.72. The zero-order chi connectivity index (χ0) is 18.6. The molecule has 1 heterocycles. The Bertz CT molecular complexity index is 890. The molecule has 0 aliphatic heterocycles. The Hall–Kier alpha value is -2.92. The molecule has 25 heavy (non-hydrogen) atoms. The molecule has 7 nitrogen and oxygen atoms in total. The Labute approximate surface area is 149 Å². The van der Waals surface area contributed by atoms with Gasteiger partial charge in [-0.05, 0) is 38.0 Å². The zero-order valence-electron chi connectivity index (χ0n) is 14.0. The molecule has 0 atom stereocenters. The first kappa shape index (κ1) is 18.4. The lowest BCUT2D eigenvalue weighted by Crippen LogP contribution is -2.15. The van der Waals surface area contributed by atoms with Crippen LogP contribution in [0.4, 0.5) is 11.4 Å². The Morgan fingerprint density at radius 1 is 1.32 bits per heavy atom. The van der Waals surface area contributed by atoms with Gasteiger partial charge in [0.15, 0.2) is 0 Å². The van der Waals surface area contributed by atoms with E-state index in [1.165, 1.54) is 12.1 Å². The van der Waals surface area contributed by atoms with Gasteiger partial charge in [-0.15, -0.1) is 0 Å². The molecular weight excluding hydrogens is 340 g/mol. The Balaban J connectivity index is 2.11. The van der Waals surface area contributed by atoms with Gasteiger partial charge >= 0.3 is 0 Å². The Morgan fingerprint density at radius 2 is 2.04 bits per heavy atom. The molecular formula is C17H16N4O3S. The average Bonchev–Trinajstić information content (AvgIpc) is 2.54. The van der Waals surface area contributed by atoms with Crippen LogP contribution in [0, 0.1) is 42.2 Å². The molecule has 0 radical (unpaired) electrons. The van der Waals surface area contributed by atoms with E-state index in [0.717, 1.165) is 28.6 Å². The molecule has 1 aromatic carbocycles. The minimum atomic E-state index is -0.511. The molecule has 0 saturated heterocycles. The molecule has 2 aromatic rings. The molecule has 2 rings (SSSR count). The van der Waals surface area contributed by atoms with Crippen LogP contribution in [0.2, 0.25) is 0 Å². The highest BCUT2D eigenvalue weighted by Crippen LogP contribution is 2.25. The van der Waals surface area contributed by atoms with Crippen LogP contribution in [0.5, 0.6) is 0 Å². The summed E-state index contributed by atoms with van der Waals surface area (Å²) in [5.41, 5.74) is 3.08. The molecule has 0 spiro atoms. The molecule has 0 fully saturated rings. The van der Waals surface area contributed by atoms with Gasteiger partial charge in [0.25, 0.3) is 5.69 Å². The number of rotatable bonds is 5. The van der Waals surface area contributed by atoms with E-state index in [0.29, 0.717) is 16.3 Å². The maximum atomic E-state index is 12.2. The molecule has 0 saturated carbocycles. The molecule has 1 N–H and O–H groups in total. The number of benzene rings is 1. The fourth-order valence-electron chi connectivity index (χ4n) is 2.22. The minimum absolute atomic E-state index is 0.0483. The lowest BCUT2D eigenvalue weighted by molar-refractivity contribution is -0.384. The number of nitro groups is 1. The van der Waals surface area contributed by atoms with Crippen molar-refractivity contribution in [3.05, 3.63) is 56.8 Å². The van der Waals surface area contributed by atoms with Crippen LogP contribution in [0.1, 0.15) is 22.4 Å². The van der Waals surface area contributed by atoms with Crippen LogP contribution in [0.25, 0.3) is 0 Å². The van der Waals surface area contributed by atoms with Gasteiger partial charge in [0.05, 0.1) is 21.9 Å². The van der Waals surface area contributed by atoms with Gasteiger partial charge in [-0.3, -0.25) is 14.9 Å². The number of non-ortho nitro benzene ring substituents is 1. The number of nitriles is 1. The standard InChI is InChI=1S/C17H16N4O3S/c1-10-4-5-13(21(23)24)7-15(10)20-16(22)9-25-17-14(8-18)11(2)6-12(3)19-17/h4-7H,9H2,1-3H3,(H,20,22). The van der Waals surface area contributed by atoms with Gasteiger partial charge in [0.2, 0.25) is 5.91 Å². The summed E-state index contributed by atoms with van der Waals surface area (Å²) >= 11 is 1.16. The smallest absolute Gasteiger partial charge is 0.271 e. The number of nitrogens with one attached hydrogen (secondary N) is 1. The molecule has 1 aromatic heterocycles. The fourth-order valence-corrected chi connectivity index (χ4v) is 3.12. The number of anilines is 1. The third-order valence-electron chi connectivity index (χ3n) is 3.47. The maximum absolute atomic E-state index is 12.2. The highest BCUT2D eigenvalue weighted by molar-refractivity contribution is 8.00. The van der Waals surface area contributed by atoms with E-state index < -0.39 is 4.92 Å². The van der Waals surface area contributed by atoms with Crippen molar-refractivity contribution in [1.29, 1.82) is 5.26 Å². The second-order valence-electron chi connectivity index (χ2n) is 5.47. The number of hydrogen-bond acceptors (Lipinski definition) is 6. The quantitative estimate of drug-likeness (QED) is 0.499. The summed E-state index contributed by atoms with van der Waals surface area (Å²) in [4.78, 5) is 26.8. The first-order valence-electron chi connectivity index (χ1n) is 7.38. The van der Waals surface area contributed by atoms with Crippen LogP contribution in [0.3, 0.4) is 0 Å². The first-order chi connectivity index (χ1) is 11.8. The molecule has 8 heteroatoms. The van der Waals surface area contributed by atoms with Crippen molar-refractivity contribution in [2.75, 3.05) is 11.1 Å². The summed E-state index contributed by atoms with van der Waals surface area (Å²) in [5, 5.41) is 23.3. The van der Waals surface area contributed by atoms with Crippen LogP contribution in [0.15, 0.2) is 29.3 Å². The zero-order valence-corrected chi connectivity index (χ0v) is 14.8. The number of nitro benzene ring substituents is 1. The van der Waals surface area contributed by atoms with Crippen LogP contribution in [-0.4, -0.2) is 21.6 Å². The Morgan fingerprint density at radius 3 is 2.68 bits per heavy atom. The van der Waals surface area contributed by atoms with E-state index in [4.69, 9.17) is 0 Å². The van der Waals surface area contributed by atoms with E-state index in [9.17, 15) is 20.2 Å². The van der Waals surface area contributed by atoms with E-state index >= 15 is 0 Å². The number of hydrogen-bond donors (Lipinski definition) is 1. The summed E-state index contributed by atoms with van der Waals surface area (Å²) in [7, 11) is 0. The number of carbonyl (C=O) groups is 1. The second kappa shape index (κ2) is 7.77. The highest BCUT2D eigenvalue weighted by atomic mass is 32.2. The molecule has 0 unspecified atom stereocenters. The molecule has 0 aliphatic rings. The number of nitrogens with zero attached hydrogens (tertiary/aromatic N) is 3. The topological polar surface area (TPSA) is 109 Å². The molecule has 1 amide bonds. The summed E-state index contributed by atoms with van der Waals surface area (Å²) in [5.74, 6) is -0.273. The average molecular weight is 356 g/mol. The lowest BCUT2D eigenvalue weighted by atomic mass is 10.1. The van der Waals surface area contributed by atoms with E-state index in [2.05, 4.69) is 16.4 Å². The number of aryl methyl sites for hydroxylation is 3. The number of carbonyl (C=O) groups excluding carboxylic acids is 1. The number of pyridine rings is 1. The summed E-state index contributed by atoms with van der Waals surface area (Å²) in [6.07, 6.45) is 0. The van der Waals surface area contributed by atoms with Crippen molar-refractivity contribution >= 4 is 29.0 Å². The van der Waals surface area contributed by atoms with Crippen molar-refractivity contribution in [1.82, 2.24) is 4.98 Å². The van der Waals surface area contributed by atoms with Crippen molar-refractivity contribution in [2.24, 2.45) is 0 Å². The van der Waals surface area contributed by atoms with Gasteiger partial charge in [0.1, 0.15) is 11.1 Å². The fraction of sp³-hybridized carbons (Fsp3) is 0.235. The van der Waals surface area contributed by atoms with Gasteiger partial charge in [-0.1, -0.05) is 17.8 Å². The summed E-state index contributed by atoms with van der Waals surface area (Å²) < 4.78 is 0. The van der Waals surface area contributed by atoms with Gasteiger partial charge in [-0.2, -0.15) is 5.26 Å². The monoisotopic (exact) mass is 356 g/mol. The third-order valence-corrected chi connectivity index (χ3v) is 4.44. The molecule has 0 aliphatic carbocycles. The third kappa shape index (κ3) is 4.55. The van der Waals surface area contributed by atoms with Crippen molar-refractivity contribution in [2.45, 2.75) is 25.8 Å². The summed E-state index contributed by atoms with van der Waals surface area (Å²) in [6.45, 7) is 5.40. The maximum Gasteiger partial charge on any atom is 0.271 e. The van der Waals surface area contributed by atoms with Gasteiger partial charge in [-0.25, -0.2) is 4.98 Å². The van der Waals surface area contributed by atoms with Gasteiger partial charge < -0.3 is 5.32 Å². The largest absolute Gasteiger partial charge is 0.325 e. The van der Waals surface area contributed by atoms with E-state index in [-0.39, 0.29) is 17.3 Å². The first-order valence-corrected chi connectivity index (χ1v) is 8.36. The number of thioether (sulfide) groups is 1. The van der Waals surface area contributed by atoms with Crippen LogP contribution in [-0.2, 0) is 4.79 Å². The normalized spacial score (nSPS) is 10.2. The molecule has 0 bridgehead atoms. The van der Waals surface area contributed by atoms with Crippen molar-refractivity contribution in [3.63, 3.8) is 0 Å². The molecule has 128 valence electrons. The van der Waals surface area contributed by atoms with E-state index in [1.807, 2.05) is 19.9 Å². The van der Waals surface area contributed by atoms with Crippen LogP contribution < -0.4 is 5.32 Å². The number of aromatic nitrogens is 1. The van der Waals surface area contributed by atoms with E-state index in [1.54, 1.807) is 13.0 Å². The van der Waals surface area contributed by atoms with Crippen LogP contribution >= 0.6 is 11.8 Å². The van der Waals surface area contributed by atoms with Gasteiger partial charge in [0, 0.05) is 17.8 Å². The second-order valence-corrected chi connectivity index (χ2v) is 6.43. The summed E-state index contributed by atoms with van der Waals surface area (Å²) in [6, 6.07) is 8.22.